The number of fused-ring (bicyclic) bond motifs is 9. The number of carbonyl (C=O) groups is 3. The first kappa shape index (κ1) is 21.1. The van der Waals surface area contributed by atoms with E-state index in [1.54, 1.807) is 23.9 Å². The van der Waals surface area contributed by atoms with Crippen LogP contribution >= 0.6 is 23.1 Å². The van der Waals surface area contributed by atoms with Crippen LogP contribution in [0.3, 0.4) is 0 Å². The predicted molar refractivity (Wildman–Crippen MR) is 118 cm³/mol. The molecule has 4 aliphatic rings. The summed E-state index contributed by atoms with van der Waals surface area (Å²) in [6.07, 6.45) is 0.954. The standard InChI is InChI=1S/C23H21FN2O5S2/c24-10-5-3-9(4-6-10)14-15-11-8-12(18(15)32-20-19(14)33-23(31)25-20)17-16(11)21(29)26(22(17)30)7-1-2-13(27)28/h3-6,11-12,14-18H,1-2,7-8H2,(H,25,31)(H,27,28)/t11-,12-,14-,15-,16-,17+,18-/m1/s1. The van der Waals surface area contributed by atoms with E-state index in [1.807, 2.05) is 0 Å². The molecule has 2 saturated carbocycles. The third-order valence-corrected chi connectivity index (χ3v) is 10.4. The minimum atomic E-state index is -0.945. The summed E-state index contributed by atoms with van der Waals surface area (Å²) in [7, 11) is 0. The molecule has 10 heteroatoms. The summed E-state index contributed by atoms with van der Waals surface area (Å²) < 4.78 is 13.7. The number of aliphatic carboxylic acids is 1. The Hall–Kier alpha value is -2.46. The van der Waals surface area contributed by atoms with Gasteiger partial charge >= 0.3 is 10.8 Å². The Morgan fingerprint density at radius 1 is 1.12 bits per heavy atom. The van der Waals surface area contributed by atoms with Gasteiger partial charge in [0.25, 0.3) is 0 Å². The lowest BCUT2D eigenvalue weighted by molar-refractivity contribution is -0.142. The molecule has 3 heterocycles. The van der Waals surface area contributed by atoms with Gasteiger partial charge in [-0.2, -0.15) is 0 Å². The second-order valence-electron chi connectivity index (χ2n) is 9.34. The Morgan fingerprint density at radius 3 is 2.52 bits per heavy atom. The number of hydrogen-bond acceptors (Lipinski definition) is 6. The molecule has 1 aromatic carbocycles. The third kappa shape index (κ3) is 3.06. The van der Waals surface area contributed by atoms with Crippen molar-refractivity contribution in [3.63, 3.8) is 0 Å². The van der Waals surface area contributed by atoms with Crippen molar-refractivity contribution in [2.24, 2.45) is 29.6 Å². The number of carboxylic acid groups (broad SMARTS) is 1. The van der Waals surface area contributed by atoms with Crippen LogP contribution < -0.4 is 4.87 Å². The number of carbonyl (C=O) groups excluding carboxylic acids is 2. The molecule has 1 saturated heterocycles. The first-order valence-corrected chi connectivity index (χ1v) is 12.8. The largest absolute Gasteiger partial charge is 0.481 e. The van der Waals surface area contributed by atoms with Crippen molar-refractivity contribution >= 4 is 40.9 Å². The Balaban J connectivity index is 1.37. The maximum atomic E-state index is 13.7. The summed E-state index contributed by atoms with van der Waals surface area (Å²) in [4.78, 5) is 54.7. The van der Waals surface area contributed by atoms with Gasteiger partial charge in [-0.25, -0.2) is 4.39 Å². The van der Waals surface area contributed by atoms with Crippen LogP contribution in [-0.4, -0.2) is 44.6 Å². The Morgan fingerprint density at radius 2 is 1.82 bits per heavy atom. The molecule has 33 heavy (non-hydrogen) atoms. The predicted octanol–water partition coefficient (Wildman–Crippen LogP) is 2.91. The molecule has 1 aromatic heterocycles. The summed E-state index contributed by atoms with van der Waals surface area (Å²) in [5.74, 6) is -2.44. The number of carboxylic acids is 1. The fraction of sp³-hybridized carbons (Fsp3) is 0.478. The molecule has 7 nitrogen and oxygen atoms in total. The summed E-state index contributed by atoms with van der Waals surface area (Å²) in [6.45, 7) is 0.140. The van der Waals surface area contributed by atoms with Crippen molar-refractivity contribution in [3.8, 4) is 0 Å². The molecule has 0 unspecified atom stereocenters. The van der Waals surface area contributed by atoms with E-state index in [-0.39, 0.29) is 76.7 Å². The molecule has 0 radical (unpaired) electrons. The lowest BCUT2D eigenvalue weighted by Gasteiger charge is -2.43. The highest BCUT2D eigenvalue weighted by Crippen LogP contribution is 2.68. The van der Waals surface area contributed by atoms with E-state index >= 15 is 0 Å². The number of thiazole rings is 1. The van der Waals surface area contributed by atoms with E-state index in [1.165, 1.54) is 28.4 Å². The molecule has 3 fully saturated rings. The Labute approximate surface area is 196 Å². The van der Waals surface area contributed by atoms with Crippen LogP contribution in [0.25, 0.3) is 0 Å². The van der Waals surface area contributed by atoms with Gasteiger partial charge < -0.3 is 10.1 Å². The number of aromatic amines is 1. The van der Waals surface area contributed by atoms with Crippen molar-refractivity contribution in [3.05, 3.63) is 50.2 Å². The van der Waals surface area contributed by atoms with Crippen LogP contribution in [0.15, 0.2) is 34.1 Å². The van der Waals surface area contributed by atoms with Gasteiger partial charge in [-0.3, -0.25) is 24.1 Å². The highest BCUT2D eigenvalue weighted by molar-refractivity contribution is 8.00. The second kappa shape index (κ2) is 7.53. The first-order valence-electron chi connectivity index (χ1n) is 11.1. The number of hydrogen-bond donors (Lipinski definition) is 2. The van der Waals surface area contributed by atoms with Gasteiger partial charge in [0.2, 0.25) is 11.8 Å². The number of likely N-dealkylation sites (tertiary alicyclic amines) is 1. The maximum Gasteiger partial charge on any atom is 0.305 e. The molecule has 0 spiro atoms. The van der Waals surface area contributed by atoms with E-state index < -0.39 is 11.9 Å². The average Bonchev–Trinajstić information content (AvgIpc) is 3.49. The van der Waals surface area contributed by atoms with Gasteiger partial charge in [-0.1, -0.05) is 23.5 Å². The SMILES string of the molecule is O=C(O)CCCN1C(=O)[C@@H]2[C@@H]3C[C@@H]([C@H]4Sc5[nH]c(=O)sc5[C@H](c5ccc(F)cc5)[C@@H]34)[C@@H]2C1=O. The normalized spacial score (nSPS) is 33.8. The topological polar surface area (TPSA) is 108 Å². The highest BCUT2D eigenvalue weighted by atomic mass is 32.2. The van der Waals surface area contributed by atoms with E-state index in [0.717, 1.165) is 21.9 Å². The molecule has 172 valence electrons. The van der Waals surface area contributed by atoms with Crippen molar-refractivity contribution in [2.45, 2.75) is 35.5 Å². The molecule has 2 aliphatic heterocycles. The van der Waals surface area contributed by atoms with Crippen molar-refractivity contribution in [2.75, 3.05) is 6.54 Å². The second-order valence-corrected chi connectivity index (χ2v) is 11.5. The van der Waals surface area contributed by atoms with Crippen LogP contribution in [0.1, 0.15) is 35.6 Å². The highest BCUT2D eigenvalue weighted by Gasteiger charge is 2.69. The number of halogens is 1. The number of imide groups is 1. The fourth-order valence-corrected chi connectivity index (χ4v) is 9.62. The van der Waals surface area contributed by atoms with Crippen LogP contribution in [-0.2, 0) is 14.4 Å². The van der Waals surface area contributed by atoms with Gasteiger partial charge in [0.15, 0.2) is 0 Å². The van der Waals surface area contributed by atoms with E-state index in [9.17, 15) is 23.6 Å². The zero-order chi connectivity index (χ0) is 23.0. The molecular formula is C23H21FN2O5S2. The Bertz CT molecular complexity index is 1220. The van der Waals surface area contributed by atoms with Gasteiger partial charge in [-0.05, 0) is 48.3 Å². The quantitative estimate of drug-likeness (QED) is 0.627. The number of nitrogens with zero attached hydrogens (tertiary/aromatic N) is 1. The van der Waals surface area contributed by atoms with Crippen molar-refractivity contribution < 1.29 is 23.9 Å². The van der Waals surface area contributed by atoms with E-state index in [0.29, 0.717) is 0 Å². The van der Waals surface area contributed by atoms with Crippen molar-refractivity contribution in [1.82, 2.24) is 9.88 Å². The van der Waals surface area contributed by atoms with Gasteiger partial charge in [-0.15, -0.1) is 11.8 Å². The lowest BCUT2D eigenvalue weighted by Crippen LogP contribution is -2.42. The minimum absolute atomic E-state index is 0.00108. The molecule has 2 amide bonds. The summed E-state index contributed by atoms with van der Waals surface area (Å²) in [5.41, 5.74) is 0.919. The smallest absolute Gasteiger partial charge is 0.305 e. The third-order valence-electron chi connectivity index (χ3n) is 7.82. The van der Waals surface area contributed by atoms with Crippen molar-refractivity contribution in [1.29, 1.82) is 0 Å². The molecule has 2 aliphatic carbocycles. The van der Waals surface area contributed by atoms with Crippen LogP contribution in [0.4, 0.5) is 4.39 Å². The molecule has 2 N–H and O–H groups in total. The van der Waals surface area contributed by atoms with Crippen LogP contribution in [0.2, 0.25) is 0 Å². The van der Waals surface area contributed by atoms with Gasteiger partial charge in [0.05, 0.1) is 16.9 Å². The fourth-order valence-electron chi connectivity index (χ4n) is 6.73. The van der Waals surface area contributed by atoms with Crippen LogP contribution in [0.5, 0.6) is 0 Å². The summed E-state index contributed by atoms with van der Waals surface area (Å²) >= 11 is 2.78. The summed E-state index contributed by atoms with van der Waals surface area (Å²) in [5, 5.41) is 9.82. The molecule has 2 bridgehead atoms. The number of benzene rings is 1. The van der Waals surface area contributed by atoms with E-state index in [2.05, 4.69) is 4.98 Å². The number of H-pyrrole nitrogens is 1. The maximum absolute atomic E-state index is 13.7. The molecule has 6 rings (SSSR count). The monoisotopic (exact) mass is 488 g/mol. The zero-order valence-electron chi connectivity index (χ0n) is 17.4. The zero-order valence-corrected chi connectivity index (χ0v) is 19.0. The lowest BCUT2D eigenvalue weighted by atomic mass is 9.68. The molecule has 2 aromatic rings. The minimum Gasteiger partial charge on any atom is -0.481 e. The number of aromatic nitrogens is 1. The Kier molecular flexibility index (Phi) is 4.81. The average molecular weight is 489 g/mol. The molecule has 7 atom stereocenters. The number of amides is 2. The number of rotatable bonds is 5. The number of nitrogens with one attached hydrogen (secondary N) is 1. The van der Waals surface area contributed by atoms with Crippen LogP contribution in [0, 0.1) is 35.4 Å². The molecular weight excluding hydrogens is 467 g/mol. The van der Waals surface area contributed by atoms with E-state index in [4.69, 9.17) is 5.11 Å². The van der Waals surface area contributed by atoms with Gasteiger partial charge in [0, 0.05) is 29.0 Å². The van der Waals surface area contributed by atoms with Gasteiger partial charge in [0.1, 0.15) is 5.82 Å². The first-order chi connectivity index (χ1) is 15.8. The summed E-state index contributed by atoms with van der Waals surface area (Å²) in [6, 6.07) is 6.35. The number of thioether (sulfide) groups is 1.